The maximum Gasteiger partial charge on any atom is 0.387 e. The Balaban J connectivity index is 0.00000176. The number of hydrogen-bond acceptors (Lipinski definition) is 5. The molecule has 9 heteroatoms. The van der Waals surface area contributed by atoms with Gasteiger partial charge < -0.3 is 15.4 Å². The highest BCUT2D eigenvalue weighted by Crippen LogP contribution is 2.33. The van der Waals surface area contributed by atoms with Gasteiger partial charge in [0.05, 0.1) is 10.7 Å². The second kappa shape index (κ2) is 7.17. The Bertz CT molecular complexity index is 662. The SMILES string of the molecule is Cl.O=C(Nc1nc2c(OC(F)F)cccc2s1)C1CCCN1. The minimum absolute atomic E-state index is 0. The van der Waals surface area contributed by atoms with Crippen molar-refractivity contribution in [3.63, 3.8) is 0 Å². The van der Waals surface area contributed by atoms with Gasteiger partial charge in [0.15, 0.2) is 10.9 Å². The standard InChI is InChI=1S/C13H13F2N3O2S.ClH/c14-12(15)20-8-4-1-5-9-10(8)17-13(21-9)18-11(19)7-3-2-6-16-7;/h1,4-5,7,12,16H,2-3,6H2,(H,17,18,19);1H. The highest BCUT2D eigenvalue weighted by atomic mass is 35.5. The summed E-state index contributed by atoms with van der Waals surface area (Å²) >= 11 is 1.23. The number of hydrogen-bond donors (Lipinski definition) is 2. The quantitative estimate of drug-likeness (QED) is 0.890. The van der Waals surface area contributed by atoms with E-state index in [9.17, 15) is 13.6 Å². The Labute approximate surface area is 135 Å². The van der Waals surface area contributed by atoms with Gasteiger partial charge in [-0.1, -0.05) is 17.4 Å². The number of fused-ring (bicyclic) bond motifs is 1. The number of aromatic nitrogens is 1. The van der Waals surface area contributed by atoms with E-state index in [1.807, 2.05) is 0 Å². The number of benzene rings is 1. The van der Waals surface area contributed by atoms with Crippen LogP contribution in [0.5, 0.6) is 5.75 Å². The molecule has 0 spiro atoms. The first-order valence-electron chi connectivity index (χ1n) is 6.52. The van der Waals surface area contributed by atoms with Gasteiger partial charge in [0.25, 0.3) is 0 Å². The molecule has 0 bridgehead atoms. The van der Waals surface area contributed by atoms with Crippen LogP contribution >= 0.6 is 23.7 Å². The van der Waals surface area contributed by atoms with E-state index < -0.39 is 6.61 Å². The normalized spacial score (nSPS) is 17.5. The van der Waals surface area contributed by atoms with E-state index >= 15 is 0 Å². The predicted molar refractivity (Wildman–Crippen MR) is 83.2 cm³/mol. The summed E-state index contributed by atoms with van der Waals surface area (Å²) < 4.78 is 29.8. The number of carbonyl (C=O) groups is 1. The minimum Gasteiger partial charge on any atom is -0.432 e. The molecule has 5 nitrogen and oxygen atoms in total. The maximum atomic E-state index is 12.3. The molecule has 0 radical (unpaired) electrons. The highest BCUT2D eigenvalue weighted by Gasteiger charge is 2.23. The average Bonchev–Trinajstić information content (AvgIpc) is 3.06. The van der Waals surface area contributed by atoms with Gasteiger partial charge in [-0.05, 0) is 31.5 Å². The second-order valence-electron chi connectivity index (χ2n) is 4.64. The van der Waals surface area contributed by atoms with Gasteiger partial charge >= 0.3 is 6.61 Å². The van der Waals surface area contributed by atoms with Gasteiger partial charge in [-0.15, -0.1) is 12.4 Å². The van der Waals surface area contributed by atoms with Crippen LogP contribution in [0.15, 0.2) is 18.2 Å². The molecular weight excluding hydrogens is 336 g/mol. The third kappa shape index (κ3) is 3.63. The van der Waals surface area contributed by atoms with Crippen LogP contribution in [0.4, 0.5) is 13.9 Å². The van der Waals surface area contributed by atoms with E-state index in [-0.39, 0.29) is 30.1 Å². The number of ether oxygens (including phenoxy) is 1. The van der Waals surface area contributed by atoms with Crippen LogP contribution in [-0.2, 0) is 4.79 Å². The Hall–Kier alpha value is -1.51. The lowest BCUT2D eigenvalue weighted by atomic mass is 10.2. The third-order valence-electron chi connectivity index (χ3n) is 3.20. The molecule has 120 valence electrons. The van der Waals surface area contributed by atoms with E-state index in [2.05, 4.69) is 20.4 Å². The van der Waals surface area contributed by atoms with Crippen molar-refractivity contribution < 1.29 is 18.3 Å². The average molecular weight is 350 g/mol. The van der Waals surface area contributed by atoms with Crippen LogP contribution in [0.2, 0.25) is 0 Å². The zero-order valence-electron chi connectivity index (χ0n) is 11.3. The summed E-state index contributed by atoms with van der Waals surface area (Å²) in [6, 6.07) is 4.57. The second-order valence-corrected chi connectivity index (χ2v) is 5.67. The van der Waals surface area contributed by atoms with Crippen molar-refractivity contribution in [2.45, 2.75) is 25.5 Å². The van der Waals surface area contributed by atoms with Gasteiger partial charge in [-0.3, -0.25) is 4.79 Å². The molecule has 0 aliphatic carbocycles. The first kappa shape index (κ1) is 16.9. The Kier molecular flexibility index (Phi) is 5.49. The maximum absolute atomic E-state index is 12.3. The van der Waals surface area contributed by atoms with Crippen molar-refractivity contribution >= 4 is 45.0 Å². The molecule has 22 heavy (non-hydrogen) atoms. The Morgan fingerprint density at radius 3 is 3.00 bits per heavy atom. The largest absolute Gasteiger partial charge is 0.432 e. The number of thiazole rings is 1. The van der Waals surface area contributed by atoms with Gasteiger partial charge in [0, 0.05) is 0 Å². The molecule has 1 aliphatic rings. The van der Waals surface area contributed by atoms with E-state index in [0.29, 0.717) is 15.3 Å². The number of para-hydroxylation sites is 1. The molecule has 1 aromatic carbocycles. The Morgan fingerprint density at radius 2 is 2.32 bits per heavy atom. The fourth-order valence-corrected chi connectivity index (χ4v) is 3.16. The summed E-state index contributed by atoms with van der Waals surface area (Å²) in [5.41, 5.74) is 0.331. The summed E-state index contributed by atoms with van der Waals surface area (Å²) in [4.78, 5) is 16.2. The molecular formula is C13H14ClF2N3O2S. The molecule has 1 aromatic heterocycles. The van der Waals surface area contributed by atoms with Crippen LogP contribution in [0.3, 0.4) is 0 Å². The zero-order valence-corrected chi connectivity index (χ0v) is 13.0. The molecule has 1 amide bonds. The fourth-order valence-electron chi connectivity index (χ4n) is 2.27. The van der Waals surface area contributed by atoms with E-state index in [1.54, 1.807) is 12.1 Å². The summed E-state index contributed by atoms with van der Waals surface area (Å²) in [6.45, 7) is -2.08. The van der Waals surface area contributed by atoms with Crippen LogP contribution < -0.4 is 15.4 Å². The summed E-state index contributed by atoms with van der Waals surface area (Å²) in [5, 5.41) is 6.19. The molecule has 2 heterocycles. The van der Waals surface area contributed by atoms with Gasteiger partial charge in [0.2, 0.25) is 5.91 Å². The van der Waals surface area contributed by atoms with Crippen molar-refractivity contribution in [3.05, 3.63) is 18.2 Å². The number of nitrogens with one attached hydrogen (secondary N) is 2. The van der Waals surface area contributed by atoms with Crippen molar-refractivity contribution in [2.75, 3.05) is 11.9 Å². The molecule has 2 aromatic rings. The number of alkyl halides is 2. The molecule has 3 rings (SSSR count). The van der Waals surface area contributed by atoms with Crippen LogP contribution in [-0.4, -0.2) is 30.1 Å². The monoisotopic (exact) mass is 349 g/mol. The van der Waals surface area contributed by atoms with Gasteiger partial charge in [0.1, 0.15) is 5.52 Å². The molecule has 0 saturated carbocycles. The first-order valence-corrected chi connectivity index (χ1v) is 7.34. The lowest BCUT2D eigenvalue weighted by Crippen LogP contribution is -2.35. The van der Waals surface area contributed by atoms with E-state index in [0.717, 1.165) is 19.4 Å². The predicted octanol–water partition coefficient (Wildman–Crippen LogP) is 3.01. The molecule has 1 fully saturated rings. The topological polar surface area (TPSA) is 63.2 Å². The van der Waals surface area contributed by atoms with Gasteiger partial charge in [-0.2, -0.15) is 8.78 Å². The molecule has 1 saturated heterocycles. The lowest BCUT2D eigenvalue weighted by Gasteiger charge is -2.08. The molecule has 1 aliphatic heterocycles. The van der Waals surface area contributed by atoms with Crippen LogP contribution in [0, 0.1) is 0 Å². The number of amides is 1. The number of nitrogens with zero attached hydrogens (tertiary/aromatic N) is 1. The molecule has 1 atom stereocenters. The summed E-state index contributed by atoms with van der Waals surface area (Å²) in [7, 11) is 0. The summed E-state index contributed by atoms with van der Waals surface area (Å²) in [5.74, 6) is -0.138. The summed E-state index contributed by atoms with van der Waals surface area (Å²) in [6.07, 6.45) is 1.75. The van der Waals surface area contributed by atoms with E-state index in [4.69, 9.17) is 0 Å². The highest BCUT2D eigenvalue weighted by molar-refractivity contribution is 7.22. The van der Waals surface area contributed by atoms with Crippen molar-refractivity contribution in [3.8, 4) is 5.75 Å². The van der Waals surface area contributed by atoms with Crippen molar-refractivity contribution in [1.29, 1.82) is 0 Å². The third-order valence-corrected chi connectivity index (χ3v) is 4.14. The lowest BCUT2D eigenvalue weighted by molar-refractivity contribution is -0.117. The zero-order chi connectivity index (χ0) is 14.8. The smallest absolute Gasteiger partial charge is 0.387 e. The molecule has 1 unspecified atom stereocenters. The molecule has 2 N–H and O–H groups in total. The van der Waals surface area contributed by atoms with Gasteiger partial charge in [-0.25, -0.2) is 4.98 Å². The fraction of sp³-hybridized carbons (Fsp3) is 0.385. The minimum atomic E-state index is -2.90. The number of anilines is 1. The van der Waals surface area contributed by atoms with Crippen LogP contribution in [0.25, 0.3) is 10.2 Å². The van der Waals surface area contributed by atoms with Crippen molar-refractivity contribution in [2.24, 2.45) is 0 Å². The number of halogens is 3. The van der Waals surface area contributed by atoms with E-state index in [1.165, 1.54) is 17.4 Å². The van der Waals surface area contributed by atoms with Crippen molar-refractivity contribution in [1.82, 2.24) is 10.3 Å². The van der Waals surface area contributed by atoms with Crippen LogP contribution in [0.1, 0.15) is 12.8 Å². The first-order chi connectivity index (χ1) is 10.1. The number of rotatable bonds is 4. The Morgan fingerprint density at radius 1 is 1.50 bits per heavy atom. The number of carbonyl (C=O) groups excluding carboxylic acids is 1.